The fourth-order valence-electron chi connectivity index (χ4n) is 3.01. The molecule has 2 rings (SSSR count). The van der Waals surface area contributed by atoms with Crippen molar-refractivity contribution in [2.75, 3.05) is 19.6 Å². The van der Waals surface area contributed by atoms with Crippen molar-refractivity contribution in [1.82, 2.24) is 4.90 Å². The molecule has 0 aromatic rings. The van der Waals surface area contributed by atoms with E-state index >= 15 is 0 Å². The molecule has 2 aliphatic rings. The lowest BCUT2D eigenvalue weighted by atomic mass is 9.87. The summed E-state index contributed by atoms with van der Waals surface area (Å²) in [4.78, 5) is 13.7. The molecule has 1 saturated heterocycles. The second kappa shape index (κ2) is 4.01. The van der Waals surface area contributed by atoms with Crippen LogP contribution in [0.15, 0.2) is 0 Å². The molecule has 1 atom stereocenters. The van der Waals surface area contributed by atoms with Gasteiger partial charge in [0.25, 0.3) is 0 Å². The lowest BCUT2D eigenvalue weighted by molar-refractivity contribution is -0.116. The van der Waals surface area contributed by atoms with E-state index in [2.05, 4.69) is 11.8 Å². The monoisotopic (exact) mass is 195 g/mol. The van der Waals surface area contributed by atoms with E-state index in [0.717, 1.165) is 25.3 Å². The Labute approximate surface area is 86.7 Å². The van der Waals surface area contributed by atoms with Gasteiger partial charge in [-0.25, -0.2) is 0 Å². The molecule has 0 N–H and O–H groups in total. The zero-order chi connectivity index (χ0) is 10.0. The van der Waals surface area contributed by atoms with Crippen molar-refractivity contribution < 1.29 is 4.79 Å². The Morgan fingerprint density at radius 3 is 2.64 bits per heavy atom. The molecule has 2 fully saturated rings. The molecule has 1 aliphatic heterocycles. The van der Waals surface area contributed by atoms with Crippen LogP contribution < -0.4 is 0 Å². The average molecular weight is 195 g/mol. The molecule has 1 unspecified atom stereocenters. The topological polar surface area (TPSA) is 20.3 Å². The van der Waals surface area contributed by atoms with Gasteiger partial charge in [-0.1, -0.05) is 19.8 Å². The summed E-state index contributed by atoms with van der Waals surface area (Å²) in [7, 11) is 0. The molecule has 0 radical (unpaired) electrons. The third-order valence-corrected chi connectivity index (χ3v) is 3.90. The number of hydrogen-bond acceptors (Lipinski definition) is 2. The number of carbonyl (C=O) groups is 1. The number of carbonyl (C=O) groups excluding carboxylic acids is 1. The number of hydrogen-bond donors (Lipinski definition) is 0. The molecule has 0 aromatic carbocycles. The molecule has 80 valence electrons. The maximum absolute atomic E-state index is 11.2. The van der Waals surface area contributed by atoms with Gasteiger partial charge >= 0.3 is 0 Å². The largest absolute Gasteiger partial charge is 0.303 e. The SMILES string of the molecule is CC1CCN(CC2(C=O)CCCC2)C1. The molecule has 1 heterocycles. The summed E-state index contributed by atoms with van der Waals surface area (Å²) in [5, 5.41) is 0. The van der Waals surface area contributed by atoms with Crippen molar-refractivity contribution in [1.29, 1.82) is 0 Å². The van der Waals surface area contributed by atoms with E-state index in [9.17, 15) is 4.79 Å². The van der Waals surface area contributed by atoms with Crippen LogP contribution in [0.25, 0.3) is 0 Å². The minimum absolute atomic E-state index is 0.0318. The highest BCUT2D eigenvalue weighted by Crippen LogP contribution is 2.37. The predicted octanol–water partition coefficient (Wildman–Crippen LogP) is 2.09. The highest BCUT2D eigenvalue weighted by Gasteiger charge is 2.36. The summed E-state index contributed by atoms with van der Waals surface area (Å²) >= 11 is 0. The normalized spacial score (nSPS) is 32.2. The van der Waals surface area contributed by atoms with Gasteiger partial charge in [-0.15, -0.1) is 0 Å². The predicted molar refractivity (Wildman–Crippen MR) is 57.2 cm³/mol. The van der Waals surface area contributed by atoms with Crippen LogP contribution in [0.4, 0.5) is 0 Å². The second-order valence-corrected chi connectivity index (χ2v) is 5.32. The van der Waals surface area contributed by atoms with Gasteiger partial charge in [-0.05, 0) is 31.7 Å². The third kappa shape index (κ3) is 2.00. The summed E-state index contributed by atoms with van der Waals surface area (Å²) in [6, 6.07) is 0. The van der Waals surface area contributed by atoms with E-state index < -0.39 is 0 Å². The molecular weight excluding hydrogens is 174 g/mol. The molecular formula is C12H21NO. The van der Waals surface area contributed by atoms with Crippen LogP contribution in [-0.2, 0) is 4.79 Å². The zero-order valence-electron chi connectivity index (χ0n) is 9.17. The maximum Gasteiger partial charge on any atom is 0.127 e. The van der Waals surface area contributed by atoms with Gasteiger partial charge in [0, 0.05) is 18.5 Å². The van der Waals surface area contributed by atoms with Gasteiger partial charge in [0.05, 0.1) is 0 Å². The van der Waals surface area contributed by atoms with Crippen LogP contribution in [0.3, 0.4) is 0 Å². The molecule has 2 nitrogen and oxygen atoms in total. The molecule has 1 aliphatic carbocycles. The molecule has 0 spiro atoms. The minimum Gasteiger partial charge on any atom is -0.303 e. The highest BCUT2D eigenvalue weighted by molar-refractivity contribution is 5.60. The minimum atomic E-state index is 0.0318. The number of nitrogens with zero attached hydrogens (tertiary/aromatic N) is 1. The Balaban J connectivity index is 1.91. The Morgan fingerprint density at radius 2 is 2.14 bits per heavy atom. The quantitative estimate of drug-likeness (QED) is 0.643. The van der Waals surface area contributed by atoms with Crippen molar-refractivity contribution in [2.45, 2.75) is 39.0 Å². The Bertz CT molecular complexity index is 208. The van der Waals surface area contributed by atoms with Gasteiger partial charge in [0.1, 0.15) is 6.29 Å². The van der Waals surface area contributed by atoms with Gasteiger partial charge in [0.2, 0.25) is 0 Å². The van der Waals surface area contributed by atoms with Crippen LogP contribution >= 0.6 is 0 Å². The van der Waals surface area contributed by atoms with Crippen LogP contribution in [0.5, 0.6) is 0 Å². The van der Waals surface area contributed by atoms with Crippen molar-refractivity contribution in [3.8, 4) is 0 Å². The Hall–Kier alpha value is -0.370. The molecule has 14 heavy (non-hydrogen) atoms. The van der Waals surface area contributed by atoms with E-state index in [-0.39, 0.29) is 5.41 Å². The van der Waals surface area contributed by atoms with Crippen LogP contribution in [0.1, 0.15) is 39.0 Å². The third-order valence-electron chi connectivity index (χ3n) is 3.90. The van der Waals surface area contributed by atoms with E-state index in [1.807, 2.05) is 0 Å². The van der Waals surface area contributed by atoms with E-state index in [4.69, 9.17) is 0 Å². The highest BCUT2D eigenvalue weighted by atomic mass is 16.1. The standard InChI is InChI=1S/C12H21NO/c1-11-4-7-13(8-11)9-12(10-14)5-2-3-6-12/h10-11H,2-9H2,1H3. The number of likely N-dealkylation sites (tertiary alicyclic amines) is 1. The summed E-state index contributed by atoms with van der Waals surface area (Å²) in [5.41, 5.74) is 0.0318. The first-order valence-corrected chi connectivity index (χ1v) is 5.93. The Kier molecular flexibility index (Phi) is 2.91. The summed E-state index contributed by atoms with van der Waals surface area (Å²) in [6.45, 7) is 5.75. The van der Waals surface area contributed by atoms with Gasteiger partial charge < -0.3 is 9.69 Å². The summed E-state index contributed by atoms with van der Waals surface area (Å²) in [5.74, 6) is 0.833. The second-order valence-electron chi connectivity index (χ2n) is 5.32. The van der Waals surface area contributed by atoms with E-state index in [1.54, 1.807) is 0 Å². The van der Waals surface area contributed by atoms with Crippen LogP contribution in [0, 0.1) is 11.3 Å². The van der Waals surface area contributed by atoms with Gasteiger partial charge in [-0.3, -0.25) is 0 Å². The fraction of sp³-hybridized carbons (Fsp3) is 0.917. The van der Waals surface area contributed by atoms with E-state index in [0.29, 0.717) is 0 Å². The van der Waals surface area contributed by atoms with Crippen molar-refractivity contribution in [2.24, 2.45) is 11.3 Å². The zero-order valence-corrected chi connectivity index (χ0v) is 9.17. The summed E-state index contributed by atoms with van der Waals surface area (Å²) in [6.07, 6.45) is 7.31. The smallest absolute Gasteiger partial charge is 0.127 e. The molecule has 0 aromatic heterocycles. The molecule has 0 amide bonds. The first kappa shape index (κ1) is 10.2. The van der Waals surface area contributed by atoms with Crippen molar-refractivity contribution in [3.05, 3.63) is 0 Å². The maximum atomic E-state index is 11.2. The number of aldehydes is 1. The average Bonchev–Trinajstić information content (AvgIpc) is 2.77. The molecule has 1 saturated carbocycles. The van der Waals surface area contributed by atoms with Crippen molar-refractivity contribution in [3.63, 3.8) is 0 Å². The van der Waals surface area contributed by atoms with Crippen LogP contribution in [-0.4, -0.2) is 30.8 Å². The summed E-state index contributed by atoms with van der Waals surface area (Å²) < 4.78 is 0. The molecule has 2 heteroatoms. The van der Waals surface area contributed by atoms with Gasteiger partial charge in [0.15, 0.2) is 0 Å². The number of rotatable bonds is 3. The molecule has 0 bridgehead atoms. The first-order chi connectivity index (χ1) is 6.74. The Morgan fingerprint density at radius 1 is 1.43 bits per heavy atom. The fourth-order valence-corrected chi connectivity index (χ4v) is 3.01. The van der Waals surface area contributed by atoms with E-state index in [1.165, 1.54) is 38.6 Å². The first-order valence-electron chi connectivity index (χ1n) is 5.93. The van der Waals surface area contributed by atoms with Crippen molar-refractivity contribution >= 4 is 6.29 Å². The lowest BCUT2D eigenvalue weighted by Gasteiger charge is -2.28. The van der Waals surface area contributed by atoms with Gasteiger partial charge in [-0.2, -0.15) is 0 Å². The van der Waals surface area contributed by atoms with Crippen LogP contribution in [0.2, 0.25) is 0 Å². The lowest BCUT2D eigenvalue weighted by Crippen LogP contribution is -2.35.